The maximum absolute atomic E-state index is 14.6. The van der Waals surface area contributed by atoms with Gasteiger partial charge in [-0.3, -0.25) is 9.69 Å². The van der Waals surface area contributed by atoms with Gasteiger partial charge in [0.2, 0.25) is 0 Å². The van der Waals surface area contributed by atoms with Crippen LogP contribution in [0.1, 0.15) is 30.7 Å². The summed E-state index contributed by atoms with van der Waals surface area (Å²) in [7, 11) is 0. The number of allylic oxidation sites excluding steroid dienone is 3. The van der Waals surface area contributed by atoms with Crippen LogP contribution < -0.4 is 10.6 Å². The van der Waals surface area contributed by atoms with Crippen molar-refractivity contribution in [1.82, 2.24) is 0 Å². The largest absolute Gasteiger partial charge is 0.384 e. The second-order valence-electron chi connectivity index (χ2n) is 6.82. The van der Waals surface area contributed by atoms with Gasteiger partial charge in [0.25, 0.3) is 0 Å². The Morgan fingerprint density at radius 1 is 1.14 bits per heavy atom. The Kier molecular flexibility index (Phi) is 4.66. The summed E-state index contributed by atoms with van der Waals surface area (Å²) >= 11 is 6.01. The number of nitriles is 1. The fraction of sp³-hybridized carbons (Fsp3) is 0.182. The number of benzene rings is 2. The fourth-order valence-electron chi connectivity index (χ4n) is 3.98. The molecule has 1 aliphatic heterocycles. The number of carbonyl (C=O) groups is 1. The second-order valence-corrected chi connectivity index (χ2v) is 7.26. The lowest BCUT2D eigenvalue weighted by Crippen LogP contribution is -2.39. The molecule has 2 aromatic carbocycles. The number of carbonyl (C=O) groups excluding carboxylic acids is 1. The van der Waals surface area contributed by atoms with Gasteiger partial charge in [-0.15, -0.1) is 0 Å². The van der Waals surface area contributed by atoms with Crippen molar-refractivity contribution < 1.29 is 9.18 Å². The summed E-state index contributed by atoms with van der Waals surface area (Å²) < 4.78 is 14.6. The zero-order valence-electron chi connectivity index (χ0n) is 15.0. The summed E-state index contributed by atoms with van der Waals surface area (Å²) in [6.45, 7) is 0. The summed E-state index contributed by atoms with van der Waals surface area (Å²) in [4.78, 5) is 14.5. The smallest absolute Gasteiger partial charge is 0.161 e. The summed E-state index contributed by atoms with van der Waals surface area (Å²) in [6.07, 6.45) is 1.64. The van der Waals surface area contributed by atoms with Crippen LogP contribution in [0.2, 0.25) is 5.02 Å². The minimum Gasteiger partial charge on any atom is -0.384 e. The summed E-state index contributed by atoms with van der Waals surface area (Å²) in [5.41, 5.74) is 8.81. The van der Waals surface area contributed by atoms with Gasteiger partial charge in [0.15, 0.2) is 5.78 Å². The van der Waals surface area contributed by atoms with Crippen molar-refractivity contribution in [3.63, 3.8) is 0 Å². The molecule has 2 N–H and O–H groups in total. The average Bonchev–Trinajstić information content (AvgIpc) is 2.69. The molecule has 0 unspecified atom stereocenters. The number of ketones is 1. The molecule has 0 amide bonds. The van der Waals surface area contributed by atoms with Gasteiger partial charge in [-0.2, -0.15) is 5.26 Å². The van der Waals surface area contributed by atoms with E-state index in [0.29, 0.717) is 35.6 Å². The quantitative estimate of drug-likeness (QED) is 0.796. The zero-order chi connectivity index (χ0) is 19.8. The maximum atomic E-state index is 14.6. The Hall–Kier alpha value is -3.10. The highest BCUT2D eigenvalue weighted by Crippen LogP contribution is 2.46. The molecule has 4 rings (SSSR count). The number of nitrogens with zero attached hydrogens (tertiary/aromatic N) is 2. The highest BCUT2D eigenvalue weighted by Gasteiger charge is 2.40. The lowest BCUT2D eigenvalue weighted by Gasteiger charge is -2.39. The van der Waals surface area contributed by atoms with Crippen LogP contribution >= 0.6 is 11.6 Å². The standard InChI is InChI=1S/C22H17ClFN3O/c23-14-10-8-13(9-11-14)20-15(12-25)22(26)27(17-5-2-1-4-16(17)24)18-6-3-7-19(28)21(18)20/h1-2,4-5,8-11,20H,3,6-7,26H2/t20-/m0/s1. The normalized spacial score (nSPS) is 19.5. The Labute approximate surface area is 167 Å². The van der Waals surface area contributed by atoms with Crippen LogP contribution in [-0.2, 0) is 4.79 Å². The van der Waals surface area contributed by atoms with Crippen LogP contribution in [0.5, 0.6) is 0 Å². The van der Waals surface area contributed by atoms with Crippen LogP contribution in [0.15, 0.2) is 71.2 Å². The minimum absolute atomic E-state index is 0.0391. The molecular weight excluding hydrogens is 377 g/mol. The van der Waals surface area contributed by atoms with Gasteiger partial charge in [-0.25, -0.2) is 4.39 Å². The zero-order valence-corrected chi connectivity index (χ0v) is 15.7. The third-order valence-corrected chi connectivity index (χ3v) is 5.46. The third kappa shape index (κ3) is 2.87. The first-order chi connectivity index (χ1) is 13.5. The van der Waals surface area contributed by atoms with Crippen molar-refractivity contribution in [3.8, 4) is 6.07 Å². The van der Waals surface area contributed by atoms with Gasteiger partial charge in [0.1, 0.15) is 11.6 Å². The predicted octanol–water partition coefficient (Wildman–Crippen LogP) is 4.78. The molecule has 28 heavy (non-hydrogen) atoms. The molecule has 0 fully saturated rings. The molecule has 0 saturated heterocycles. The number of hydrogen-bond acceptors (Lipinski definition) is 4. The molecule has 0 bridgehead atoms. The molecule has 140 valence electrons. The first-order valence-electron chi connectivity index (χ1n) is 8.99. The number of hydrogen-bond donors (Lipinski definition) is 1. The molecule has 2 aromatic rings. The van der Waals surface area contributed by atoms with Gasteiger partial charge < -0.3 is 5.73 Å². The van der Waals surface area contributed by atoms with Crippen LogP contribution in [0.3, 0.4) is 0 Å². The molecular formula is C22H17ClFN3O. The van der Waals surface area contributed by atoms with E-state index >= 15 is 0 Å². The van der Waals surface area contributed by atoms with Gasteiger partial charge in [-0.05, 0) is 42.7 Å². The van der Waals surface area contributed by atoms with E-state index in [-0.39, 0.29) is 22.9 Å². The van der Waals surface area contributed by atoms with Crippen molar-refractivity contribution in [2.24, 2.45) is 5.73 Å². The van der Waals surface area contributed by atoms with Crippen molar-refractivity contribution in [1.29, 1.82) is 5.26 Å². The first-order valence-corrected chi connectivity index (χ1v) is 9.37. The van der Waals surface area contributed by atoms with E-state index in [4.69, 9.17) is 17.3 Å². The van der Waals surface area contributed by atoms with Crippen molar-refractivity contribution in [2.45, 2.75) is 25.2 Å². The number of anilines is 1. The summed E-state index contributed by atoms with van der Waals surface area (Å²) in [5, 5.41) is 10.5. The molecule has 0 saturated carbocycles. The minimum atomic E-state index is -0.576. The van der Waals surface area contributed by atoms with E-state index in [0.717, 1.165) is 5.56 Å². The number of nitrogens with two attached hydrogens (primary N) is 1. The molecule has 1 atom stereocenters. The number of Topliss-reactive ketones (excluding diaryl/α,β-unsaturated/α-hetero) is 1. The van der Waals surface area contributed by atoms with E-state index in [1.807, 2.05) is 0 Å². The highest BCUT2D eigenvalue weighted by atomic mass is 35.5. The van der Waals surface area contributed by atoms with E-state index in [2.05, 4.69) is 6.07 Å². The van der Waals surface area contributed by atoms with E-state index < -0.39 is 11.7 Å². The Bertz CT molecular complexity index is 1070. The van der Waals surface area contributed by atoms with Gasteiger partial charge >= 0.3 is 0 Å². The molecule has 6 heteroatoms. The van der Waals surface area contributed by atoms with E-state index in [1.54, 1.807) is 42.5 Å². The van der Waals surface area contributed by atoms with Crippen molar-refractivity contribution >= 4 is 23.1 Å². The van der Waals surface area contributed by atoms with Crippen LogP contribution in [0.4, 0.5) is 10.1 Å². The molecule has 0 aromatic heterocycles. The van der Waals surface area contributed by atoms with E-state index in [1.165, 1.54) is 11.0 Å². The molecule has 1 heterocycles. The maximum Gasteiger partial charge on any atom is 0.161 e. The Balaban J connectivity index is 1.98. The number of rotatable bonds is 2. The predicted molar refractivity (Wildman–Crippen MR) is 106 cm³/mol. The molecule has 0 spiro atoms. The van der Waals surface area contributed by atoms with Gasteiger partial charge in [-0.1, -0.05) is 35.9 Å². The third-order valence-electron chi connectivity index (χ3n) is 5.21. The van der Waals surface area contributed by atoms with Gasteiger partial charge in [0.05, 0.1) is 23.2 Å². The molecule has 0 radical (unpaired) electrons. The average molecular weight is 394 g/mol. The fourth-order valence-corrected chi connectivity index (χ4v) is 4.11. The topological polar surface area (TPSA) is 70.1 Å². The second kappa shape index (κ2) is 7.14. The van der Waals surface area contributed by atoms with Crippen molar-refractivity contribution in [3.05, 3.63) is 87.6 Å². The Morgan fingerprint density at radius 2 is 1.86 bits per heavy atom. The van der Waals surface area contributed by atoms with Crippen LogP contribution in [0.25, 0.3) is 0 Å². The lowest BCUT2D eigenvalue weighted by molar-refractivity contribution is -0.116. The Morgan fingerprint density at radius 3 is 2.54 bits per heavy atom. The monoisotopic (exact) mass is 393 g/mol. The molecule has 1 aliphatic carbocycles. The van der Waals surface area contributed by atoms with Crippen LogP contribution in [-0.4, -0.2) is 5.78 Å². The first kappa shape index (κ1) is 18.3. The van der Waals surface area contributed by atoms with Gasteiger partial charge in [0, 0.05) is 22.7 Å². The highest BCUT2D eigenvalue weighted by molar-refractivity contribution is 6.30. The number of halogens is 2. The summed E-state index contributed by atoms with van der Waals surface area (Å²) in [5.74, 6) is -0.922. The van der Waals surface area contributed by atoms with Crippen molar-refractivity contribution in [2.75, 3.05) is 4.90 Å². The van der Waals surface area contributed by atoms with Crippen LogP contribution in [0, 0.1) is 17.1 Å². The molecule has 2 aliphatic rings. The van der Waals surface area contributed by atoms with E-state index in [9.17, 15) is 14.4 Å². The molecule has 4 nitrogen and oxygen atoms in total. The SMILES string of the molecule is N#CC1=C(N)N(c2ccccc2F)C2=C(C(=O)CCC2)[C@H]1c1ccc(Cl)cc1. The number of para-hydroxylation sites is 1. The summed E-state index contributed by atoms with van der Waals surface area (Å²) in [6, 6.07) is 15.4. The lowest BCUT2D eigenvalue weighted by atomic mass is 9.75.